The van der Waals surface area contributed by atoms with Gasteiger partial charge in [-0.15, -0.1) is 0 Å². The first-order valence-electron chi connectivity index (χ1n) is 47.1. The van der Waals surface area contributed by atoms with Gasteiger partial charge in [-0.2, -0.15) is 0 Å². The quantitative estimate of drug-likeness (QED) is 0.0146. The van der Waals surface area contributed by atoms with Gasteiger partial charge in [0.15, 0.2) is 6.10 Å². The van der Waals surface area contributed by atoms with Gasteiger partial charge in [0.25, 0.3) is 0 Å². The van der Waals surface area contributed by atoms with Crippen molar-refractivity contribution in [1.82, 2.24) is 0 Å². The predicted molar refractivity (Wildman–Crippen MR) is 491 cm³/mol. The number of allylic oxidation sites excluding steroid dienone is 24. The number of carbonyl (C=O) groups is 3. The van der Waals surface area contributed by atoms with E-state index >= 15 is 0 Å². The van der Waals surface area contributed by atoms with E-state index in [9.17, 15) is 43.5 Å². The lowest BCUT2D eigenvalue weighted by molar-refractivity contribution is -0.161. The molecule has 18 heteroatoms. The van der Waals surface area contributed by atoms with Gasteiger partial charge in [-0.25, -0.2) is 9.13 Å². The Morgan fingerprint density at radius 3 is 0.675 bits per heavy atom. The highest BCUT2D eigenvalue weighted by Crippen LogP contribution is 2.45. The molecule has 117 heavy (non-hydrogen) atoms. The van der Waals surface area contributed by atoms with Crippen molar-refractivity contribution in [2.75, 3.05) is 39.6 Å². The summed E-state index contributed by atoms with van der Waals surface area (Å²) in [4.78, 5) is 59.0. The fourth-order valence-electron chi connectivity index (χ4n) is 12.8. The molecule has 0 aliphatic heterocycles. The van der Waals surface area contributed by atoms with Gasteiger partial charge in [0.2, 0.25) is 0 Å². The maximum Gasteiger partial charge on any atom is 0.472 e. The van der Waals surface area contributed by atoms with Crippen LogP contribution in [0.2, 0.25) is 0 Å². The van der Waals surface area contributed by atoms with Gasteiger partial charge in [-0.05, 0) is 154 Å². The van der Waals surface area contributed by atoms with Crippen molar-refractivity contribution in [3.63, 3.8) is 0 Å². The summed E-state index contributed by atoms with van der Waals surface area (Å²) >= 11 is 0. The van der Waals surface area contributed by atoms with E-state index in [1.54, 1.807) is 0 Å². The highest BCUT2D eigenvalue weighted by molar-refractivity contribution is 7.47. The molecular formula is C99H172O16P2. The number of hydrogen-bond donors (Lipinski definition) is 4. The van der Waals surface area contributed by atoms with Gasteiger partial charge in [-0.1, -0.05) is 378 Å². The zero-order chi connectivity index (χ0) is 85.1. The Kier molecular flexibility index (Phi) is 87.1. The molecule has 0 heterocycles. The summed E-state index contributed by atoms with van der Waals surface area (Å²) in [5.41, 5.74) is 0. The Morgan fingerprint density at radius 2 is 0.427 bits per heavy atom. The highest BCUT2D eigenvalue weighted by atomic mass is 31.2. The predicted octanol–water partition coefficient (Wildman–Crippen LogP) is 29.1. The Hall–Kier alpha value is -4.57. The van der Waals surface area contributed by atoms with Crippen molar-refractivity contribution in [2.24, 2.45) is 0 Å². The Bertz CT molecular complexity index is 2710. The van der Waals surface area contributed by atoms with E-state index in [0.29, 0.717) is 19.3 Å². The molecular weight excluding hydrogens is 1510 g/mol. The largest absolute Gasteiger partial charge is 0.472 e. The second-order valence-corrected chi connectivity index (χ2v) is 34.4. The van der Waals surface area contributed by atoms with Crippen LogP contribution in [0.3, 0.4) is 0 Å². The van der Waals surface area contributed by atoms with E-state index in [-0.39, 0.29) is 19.3 Å². The number of ether oxygens (including phenoxy) is 3. The van der Waals surface area contributed by atoms with Crippen molar-refractivity contribution in [2.45, 2.75) is 424 Å². The maximum atomic E-state index is 13.1. The highest BCUT2D eigenvalue weighted by Gasteiger charge is 2.29. The van der Waals surface area contributed by atoms with Crippen LogP contribution in [-0.2, 0) is 55.8 Å². The first kappa shape index (κ1) is 112. The van der Waals surface area contributed by atoms with Crippen LogP contribution >= 0.6 is 15.6 Å². The zero-order valence-corrected chi connectivity index (χ0v) is 76.1. The van der Waals surface area contributed by atoms with E-state index in [1.165, 1.54) is 193 Å². The standard InChI is InChI=1S/C99H172O16P2/c1-4-7-10-13-16-19-22-25-28-31-34-37-40-42-44-45-46-47-49-51-53-55-58-61-64-67-70-73-76-79-82-85-97(102)109-88-94(100)89-111-116(105,106)112-90-95(101)91-113-117(107,108)114-93-96(115-99(104)87-84-81-78-75-72-69-66-63-60-57-52-39-36-33-30-27-24-21-18-15-12-9-6-3)92-110-98(103)86-83-80-77-74-71-68-65-62-59-56-54-50-48-43-41-38-35-32-29-26-23-20-17-14-11-8-5-2/h16-21,25-30,34-39,42-44,48,57,60,94-96,100-101H,4-15,22-24,31-33,40-41,45-47,49-56,58-59,61-93H2,1-3H3,(H,105,106)(H,107,108)/b19-16-,20-17-,21-18-,28-25-,29-26-,30-27-,37-34-,38-35-,39-36-,44-42-,48-43-,60-57-. The molecule has 674 valence electrons. The summed E-state index contributed by atoms with van der Waals surface area (Å²) in [6.45, 7) is 2.64. The molecule has 0 spiro atoms. The first-order chi connectivity index (χ1) is 57.2. The molecule has 0 aliphatic carbocycles. The van der Waals surface area contributed by atoms with Crippen molar-refractivity contribution in [3.8, 4) is 0 Å². The maximum absolute atomic E-state index is 13.1. The number of unbranched alkanes of at least 4 members (excludes halogenated alkanes) is 42. The van der Waals surface area contributed by atoms with Gasteiger partial charge < -0.3 is 34.2 Å². The second kappa shape index (κ2) is 90.7. The number of aliphatic hydroxyl groups excluding tert-OH is 2. The van der Waals surface area contributed by atoms with Gasteiger partial charge in [-0.3, -0.25) is 32.5 Å². The van der Waals surface area contributed by atoms with E-state index in [4.69, 9.17) is 32.3 Å². The lowest BCUT2D eigenvalue weighted by atomic mass is 10.0. The number of esters is 3. The van der Waals surface area contributed by atoms with E-state index in [0.717, 1.165) is 154 Å². The third-order valence-electron chi connectivity index (χ3n) is 20.0. The molecule has 0 radical (unpaired) electrons. The van der Waals surface area contributed by atoms with E-state index < -0.39 is 91.5 Å². The summed E-state index contributed by atoms with van der Waals surface area (Å²) in [5.74, 6) is -1.58. The molecule has 5 unspecified atom stereocenters. The molecule has 0 aliphatic rings. The molecule has 0 saturated carbocycles. The van der Waals surface area contributed by atoms with Crippen molar-refractivity contribution < 1.29 is 75.8 Å². The zero-order valence-electron chi connectivity index (χ0n) is 74.3. The van der Waals surface area contributed by atoms with Crippen LogP contribution in [0, 0.1) is 0 Å². The number of carbonyl (C=O) groups excluding carboxylic acids is 3. The van der Waals surface area contributed by atoms with Gasteiger partial charge in [0, 0.05) is 19.3 Å². The number of phosphoric acid groups is 2. The topological polar surface area (TPSA) is 231 Å². The van der Waals surface area contributed by atoms with Crippen LogP contribution in [0.1, 0.15) is 406 Å². The van der Waals surface area contributed by atoms with E-state index in [1.807, 2.05) is 0 Å². The molecule has 0 amide bonds. The SMILES string of the molecule is CCCCC/C=C\C/C=C\C/C=C\C/C=C\CCCCCCCCCCCCCCCCCC(=O)OCC(O)COP(=O)(O)OCC(O)COP(=O)(O)OCC(COC(=O)CCCCCCCCCCCCC/C=C\C/C=C\C/C=C\C/C=C\CCCCC)OC(=O)CCCCCCCCC/C=C\C/C=C\C/C=C\C/C=C\CCCCC. The molecule has 5 atom stereocenters. The average molecular weight is 1680 g/mol. The Labute approximate surface area is 715 Å². The Balaban J connectivity index is 4.61. The van der Waals surface area contributed by atoms with Crippen molar-refractivity contribution >= 4 is 33.6 Å². The van der Waals surface area contributed by atoms with Crippen LogP contribution in [0.15, 0.2) is 146 Å². The molecule has 0 aromatic rings. The summed E-state index contributed by atoms with van der Waals surface area (Å²) in [7, 11) is -9.81. The summed E-state index contributed by atoms with van der Waals surface area (Å²) in [6.07, 6.45) is 115. The van der Waals surface area contributed by atoms with Crippen molar-refractivity contribution in [1.29, 1.82) is 0 Å². The smallest absolute Gasteiger partial charge is 0.463 e. The Morgan fingerprint density at radius 1 is 0.239 bits per heavy atom. The molecule has 4 N–H and O–H groups in total. The number of rotatable bonds is 89. The number of phosphoric ester groups is 2. The molecule has 0 aromatic heterocycles. The van der Waals surface area contributed by atoms with Crippen LogP contribution in [0.5, 0.6) is 0 Å². The fourth-order valence-corrected chi connectivity index (χ4v) is 14.4. The molecule has 0 bridgehead atoms. The lowest BCUT2D eigenvalue weighted by Crippen LogP contribution is -2.30. The second-order valence-electron chi connectivity index (χ2n) is 31.5. The van der Waals surface area contributed by atoms with E-state index in [2.05, 4.69) is 167 Å². The van der Waals surface area contributed by atoms with Crippen LogP contribution in [0.25, 0.3) is 0 Å². The molecule has 0 fully saturated rings. The first-order valence-corrected chi connectivity index (χ1v) is 50.1. The van der Waals surface area contributed by atoms with Crippen molar-refractivity contribution in [3.05, 3.63) is 146 Å². The lowest BCUT2D eigenvalue weighted by Gasteiger charge is -2.21. The molecule has 0 saturated heterocycles. The van der Waals surface area contributed by atoms with Crippen LogP contribution in [-0.4, -0.2) is 95.9 Å². The third-order valence-corrected chi connectivity index (χ3v) is 21.9. The monoisotopic (exact) mass is 1680 g/mol. The van der Waals surface area contributed by atoms with Gasteiger partial charge in [0.1, 0.15) is 25.4 Å². The normalized spacial score (nSPS) is 14.4. The van der Waals surface area contributed by atoms with Crippen LogP contribution in [0.4, 0.5) is 0 Å². The minimum absolute atomic E-state index is 0.0889. The summed E-state index contributed by atoms with van der Waals surface area (Å²) in [6, 6.07) is 0. The van der Waals surface area contributed by atoms with Gasteiger partial charge >= 0.3 is 33.6 Å². The summed E-state index contributed by atoms with van der Waals surface area (Å²) in [5, 5.41) is 20.7. The molecule has 16 nitrogen and oxygen atoms in total. The van der Waals surface area contributed by atoms with Crippen LogP contribution < -0.4 is 0 Å². The minimum Gasteiger partial charge on any atom is -0.463 e. The fraction of sp³-hybridized carbons (Fsp3) is 0.727. The average Bonchev–Trinajstić information content (AvgIpc) is 0.901. The minimum atomic E-state index is -4.95. The third kappa shape index (κ3) is 92.0. The van der Waals surface area contributed by atoms with Gasteiger partial charge in [0.05, 0.1) is 26.4 Å². The number of aliphatic hydroxyl groups is 2. The summed E-state index contributed by atoms with van der Waals surface area (Å²) < 4.78 is 61.5. The number of hydrogen-bond acceptors (Lipinski definition) is 14. The molecule has 0 aromatic carbocycles. The molecule has 0 rings (SSSR count).